The first-order valence-electron chi connectivity index (χ1n) is 8.75. The van der Waals surface area contributed by atoms with E-state index in [1.54, 1.807) is 18.2 Å². The molecule has 1 heterocycles. The lowest BCUT2D eigenvalue weighted by Gasteiger charge is -2.20. The molecule has 2 aromatic carbocycles. The van der Waals surface area contributed by atoms with Gasteiger partial charge in [-0.25, -0.2) is 8.42 Å². The van der Waals surface area contributed by atoms with Crippen molar-refractivity contribution in [2.24, 2.45) is 11.8 Å². The van der Waals surface area contributed by atoms with E-state index in [9.17, 15) is 23.1 Å². The highest BCUT2D eigenvalue weighted by molar-refractivity contribution is 7.93. The summed E-state index contributed by atoms with van der Waals surface area (Å²) < 4.78 is 26.8. The standard InChI is InChI=1S/C19H22N2O5S/c1-12(2)9-14(19(23)24)10-20-17(22)11-21-15-7-3-5-13-6-4-8-16(18(13)15)27(21,25)26/h3-8,12,14H,9-11H2,1-2H3,(H,20,22)(H,23,24). The number of benzene rings is 2. The Hall–Kier alpha value is -2.61. The summed E-state index contributed by atoms with van der Waals surface area (Å²) in [5.74, 6) is -2.04. The van der Waals surface area contributed by atoms with Gasteiger partial charge >= 0.3 is 5.97 Å². The fraction of sp³-hybridized carbons (Fsp3) is 0.368. The molecule has 0 saturated heterocycles. The number of aliphatic carboxylic acids is 1. The van der Waals surface area contributed by atoms with Crippen LogP contribution in [0.25, 0.3) is 10.8 Å². The molecule has 0 aromatic heterocycles. The van der Waals surface area contributed by atoms with E-state index >= 15 is 0 Å². The molecule has 0 saturated carbocycles. The molecule has 27 heavy (non-hydrogen) atoms. The molecule has 1 aliphatic rings. The van der Waals surface area contributed by atoms with Gasteiger partial charge in [0, 0.05) is 11.9 Å². The third-order valence-corrected chi connectivity index (χ3v) is 6.42. The molecular formula is C19H22N2O5S. The Bertz CT molecular complexity index is 995. The minimum Gasteiger partial charge on any atom is -0.481 e. The molecule has 1 unspecified atom stereocenters. The van der Waals surface area contributed by atoms with Crippen LogP contribution in [0.4, 0.5) is 5.69 Å². The molecule has 2 N–H and O–H groups in total. The van der Waals surface area contributed by atoms with Crippen molar-refractivity contribution in [1.29, 1.82) is 0 Å². The van der Waals surface area contributed by atoms with E-state index in [0.717, 1.165) is 9.69 Å². The summed E-state index contributed by atoms with van der Waals surface area (Å²) in [5, 5.41) is 13.2. The normalized spacial score (nSPS) is 15.9. The quantitative estimate of drug-likeness (QED) is 0.754. The lowest BCUT2D eigenvalue weighted by atomic mass is 9.97. The Balaban J connectivity index is 1.77. The Morgan fingerprint density at radius 2 is 1.81 bits per heavy atom. The summed E-state index contributed by atoms with van der Waals surface area (Å²) in [6.07, 6.45) is 0.433. The van der Waals surface area contributed by atoms with Crippen molar-refractivity contribution in [3.63, 3.8) is 0 Å². The van der Waals surface area contributed by atoms with Crippen molar-refractivity contribution in [3.8, 4) is 0 Å². The van der Waals surface area contributed by atoms with Crippen LogP contribution in [0.5, 0.6) is 0 Å². The number of carboxylic acids is 1. The molecule has 1 atom stereocenters. The van der Waals surface area contributed by atoms with Gasteiger partial charge in [-0.1, -0.05) is 38.1 Å². The zero-order valence-corrected chi connectivity index (χ0v) is 16.0. The molecular weight excluding hydrogens is 368 g/mol. The molecule has 2 aromatic rings. The average Bonchev–Trinajstić information content (AvgIpc) is 2.81. The van der Waals surface area contributed by atoms with Crippen LogP contribution >= 0.6 is 0 Å². The van der Waals surface area contributed by atoms with Gasteiger partial charge in [-0.2, -0.15) is 0 Å². The minimum absolute atomic E-state index is 0.0304. The number of anilines is 1. The number of rotatable bonds is 7. The van der Waals surface area contributed by atoms with E-state index in [1.165, 1.54) is 6.07 Å². The number of nitrogens with one attached hydrogen (secondary N) is 1. The summed E-state index contributed by atoms with van der Waals surface area (Å²) >= 11 is 0. The smallest absolute Gasteiger partial charge is 0.308 e. The highest BCUT2D eigenvalue weighted by Gasteiger charge is 2.36. The predicted molar refractivity (Wildman–Crippen MR) is 102 cm³/mol. The Kier molecular flexibility index (Phi) is 5.10. The second kappa shape index (κ2) is 7.19. The fourth-order valence-electron chi connectivity index (χ4n) is 3.39. The van der Waals surface area contributed by atoms with Crippen molar-refractivity contribution in [3.05, 3.63) is 36.4 Å². The molecule has 0 bridgehead atoms. The van der Waals surface area contributed by atoms with E-state index in [2.05, 4.69) is 5.32 Å². The van der Waals surface area contributed by atoms with E-state index in [4.69, 9.17) is 0 Å². The molecule has 1 aliphatic heterocycles. The van der Waals surface area contributed by atoms with Crippen LogP contribution in [0.15, 0.2) is 41.3 Å². The molecule has 1 amide bonds. The third kappa shape index (κ3) is 3.62. The van der Waals surface area contributed by atoms with Gasteiger partial charge in [-0.05, 0) is 29.9 Å². The van der Waals surface area contributed by atoms with Gasteiger partial charge < -0.3 is 10.4 Å². The summed E-state index contributed by atoms with van der Waals surface area (Å²) in [6.45, 7) is 3.40. The fourth-order valence-corrected chi connectivity index (χ4v) is 5.06. The topological polar surface area (TPSA) is 104 Å². The maximum Gasteiger partial charge on any atom is 0.308 e. The Morgan fingerprint density at radius 3 is 2.44 bits per heavy atom. The Morgan fingerprint density at radius 1 is 1.15 bits per heavy atom. The number of carbonyl (C=O) groups is 2. The van der Waals surface area contributed by atoms with E-state index in [1.807, 2.05) is 26.0 Å². The number of hydrogen-bond acceptors (Lipinski definition) is 4. The van der Waals surface area contributed by atoms with Crippen molar-refractivity contribution < 1.29 is 23.1 Å². The van der Waals surface area contributed by atoms with Crippen LogP contribution in [-0.2, 0) is 19.6 Å². The van der Waals surface area contributed by atoms with Crippen molar-refractivity contribution in [2.45, 2.75) is 25.2 Å². The number of carbonyl (C=O) groups excluding carboxylic acids is 1. The average molecular weight is 390 g/mol. The SMILES string of the molecule is CC(C)CC(CNC(=O)CN1c2cccc3cccc(c23)S1(=O)=O)C(=O)O. The van der Waals surface area contributed by atoms with Gasteiger partial charge in [0.1, 0.15) is 6.54 Å². The maximum absolute atomic E-state index is 12.8. The molecule has 0 aliphatic carbocycles. The van der Waals surface area contributed by atoms with Crippen LogP contribution < -0.4 is 9.62 Å². The predicted octanol–water partition coefficient (Wildman–Crippen LogP) is 2.21. The molecule has 144 valence electrons. The number of nitrogens with zero attached hydrogens (tertiary/aromatic N) is 1. The van der Waals surface area contributed by atoms with Gasteiger partial charge in [-0.3, -0.25) is 13.9 Å². The lowest BCUT2D eigenvalue weighted by molar-refractivity contribution is -0.142. The van der Waals surface area contributed by atoms with Gasteiger partial charge in [-0.15, -0.1) is 0 Å². The third-order valence-electron chi connectivity index (χ3n) is 4.62. The molecule has 3 rings (SSSR count). The van der Waals surface area contributed by atoms with Gasteiger partial charge in [0.2, 0.25) is 5.91 Å². The molecule has 0 spiro atoms. The summed E-state index contributed by atoms with van der Waals surface area (Å²) in [6, 6.07) is 10.3. The first-order chi connectivity index (χ1) is 12.7. The molecule has 0 fully saturated rings. The highest BCUT2D eigenvalue weighted by atomic mass is 32.2. The van der Waals surface area contributed by atoms with Crippen LogP contribution in [-0.4, -0.2) is 38.5 Å². The van der Waals surface area contributed by atoms with Crippen LogP contribution in [0.3, 0.4) is 0 Å². The minimum atomic E-state index is -3.81. The van der Waals surface area contributed by atoms with Crippen LogP contribution in [0, 0.1) is 11.8 Å². The first kappa shape index (κ1) is 19.2. The lowest BCUT2D eigenvalue weighted by Crippen LogP contribution is -2.41. The Labute approximate surface area is 158 Å². The molecule has 0 radical (unpaired) electrons. The van der Waals surface area contributed by atoms with Gasteiger partial charge in [0.05, 0.1) is 16.5 Å². The zero-order chi connectivity index (χ0) is 19.8. The van der Waals surface area contributed by atoms with Crippen molar-refractivity contribution in [1.82, 2.24) is 5.32 Å². The molecule has 7 nitrogen and oxygen atoms in total. The summed E-state index contributed by atoms with van der Waals surface area (Å²) in [4.78, 5) is 23.9. The van der Waals surface area contributed by atoms with Gasteiger partial charge in [0.25, 0.3) is 10.0 Å². The number of hydrogen-bond donors (Lipinski definition) is 2. The van der Waals surface area contributed by atoms with Crippen molar-refractivity contribution >= 4 is 38.4 Å². The number of carboxylic acid groups (broad SMARTS) is 1. The summed E-state index contributed by atoms with van der Waals surface area (Å²) in [5.41, 5.74) is 0.468. The summed E-state index contributed by atoms with van der Waals surface area (Å²) in [7, 11) is -3.81. The first-order valence-corrected chi connectivity index (χ1v) is 10.2. The monoisotopic (exact) mass is 390 g/mol. The second-order valence-electron chi connectivity index (χ2n) is 7.11. The largest absolute Gasteiger partial charge is 0.481 e. The van der Waals surface area contributed by atoms with Gasteiger partial charge in [0.15, 0.2) is 0 Å². The zero-order valence-electron chi connectivity index (χ0n) is 15.2. The maximum atomic E-state index is 12.8. The number of amides is 1. The van der Waals surface area contributed by atoms with Crippen LogP contribution in [0.2, 0.25) is 0 Å². The highest BCUT2D eigenvalue weighted by Crippen LogP contribution is 2.41. The van der Waals surface area contributed by atoms with E-state index in [0.29, 0.717) is 17.5 Å². The second-order valence-corrected chi connectivity index (χ2v) is 8.94. The van der Waals surface area contributed by atoms with E-state index < -0.39 is 27.8 Å². The van der Waals surface area contributed by atoms with Crippen molar-refractivity contribution in [2.75, 3.05) is 17.4 Å². The number of sulfonamides is 1. The van der Waals surface area contributed by atoms with Crippen LogP contribution in [0.1, 0.15) is 20.3 Å². The molecule has 8 heteroatoms. The van der Waals surface area contributed by atoms with E-state index in [-0.39, 0.29) is 23.9 Å².